The van der Waals surface area contributed by atoms with E-state index >= 15 is 0 Å². The molecular weight excluding hydrogens is 324 g/mol. The number of ether oxygens (including phenoxy) is 1. The molecule has 1 aliphatic carbocycles. The number of hydrogen-bond acceptors (Lipinski definition) is 4. The Kier molecular flexibility index (Phi) is 6.89. The normalized spacial score (nSPS) is 21.4. The van der Waals surface area contributed by atoms with Gasteiger partial charge in [-0.05, 0) is 73.0 Å². The average molecular weight is 357 g/mol. The van der Waals surface area contributed by atoms with Gasteiger partial charge in [0.05, 0.1) is 7.11 Å². The Morgan fingerprint density at radius 2 is 1.73 bits per heavy atom. The van der Waals surface area contributed by atoms with E-state index in [1.165, 1.54) is 74.4 Å². The first-order chi connectivity index (χ1) is 12.8. The fraction of sp³-hybridized carbons (Fsp3) is 0.545. The summed E-state index contributed by atoms with van der Waals surface area (Å²) in [5, 5.41) is 9.10. The molecule has 26 heavy (non-hydrogen) atoms. The van der Waals surface area contributed by atoms with Crippen molar-refractivity contribution in [3.63, 3.8) is 0 Å². The molecule has 0 radical (unpaired) electrons. The van der Waals surface area contributed by atoms with Gasteiger partial charge in [-0.25, -0.2) is 5.90 Å². The fourth-order valence-corrected chi connectivity index (χ4v) is 4.73. The summed E-state index contributed by atoms with van der Waals surface area (Å²) >= 11 is 0. The van der Waals surface area contributed by atoms with Gasteiger partial charge in [0.1, 0.15) is 5.75 Å². The van der Waals surface area contributed by atoms with Crippen LogP contribution in [0.2, 0.25) is 0 Å². The van der Waals surface area contributed by atoms with Crippen molar-refractivity contribution in [2.24, 2.45) is 11.8 Å². The van der Waals surface area contributed by atoms with E-state index in [0.29, 0.717) is 0 Å². The highest BCUT2D eigenvalue weighted by Crippen LogP contribution is 2.30. The predicted octanol–water partition coefficient (Wildman–Crippen LogP) is 4.38. The van der Waals surface area contributed by atoms with Crippen LogP contribution in [0.3, 0.4) is 0 Å². The van der Waals surface area contributed by atoms with Crippen molar-refractivity contribution < 1.29 is 9.94 Å². The topological polar surface area (TPSA) is 58.7 Å². The van der Waals surface area contributed by atoms with Crippen LogP contribution in [-0.2, 0) is 6.42 Å². The van der Waals surface area contributed by atoms with E-state index in [0.717, 1.165) is 17.7 Å². The lowest BCUT2D eigenvalue weighted by atomic mass is 9.89. The molecule has 1 aliphatic heterocycles. The van der Waals surface area contributed by atoms with Gasteiger partial charge in [-0.2, -0.15) is 0 Å². The van der Waals surface area contributed by atoms with Crippen LogP contribution in [0.4, 0.5) is 0 Å². The molecule has 0 bridgehead atoms. The highest BCUT2D eigenvalue weighted by atomic mass is 16.5. The standard InChI is InChI=1S/C22H29NO.H3NO/c1-24-22-11-10-19-14-17(8-9-20(19)15-22)13-18-5-4-12-23(16-18)21-6-2-3-7-21;1-2/h8-11,14-15,18,21H,2-7,12-13,16H2,1H3;2H,1H2. The van der Waals surface area contributed by atoms with Gasteiger partial charge >= 0.3 is 0 Å². The maximum Gasteiger partial charge on any atom is 0.119 e. The van der Waals surface area contributed by atoms with Gasteiger partial charge in [0, 0.05) is 12.6 Å². The molecule has 2 aromatic rings. The Labute approximate surface area is 156 Å². The summed E-state index contributed by atoms with van der Waals surface area (Å²) in [4.78, 5) is 2.80. The summed E-state index contributed by atoms with van der Waals surface area (Å²) in [5.41, 5.74) is 1.49. The maximum atomic E-state index is 6.50. The zero-order chi connectivity index (χ0) is 18.4. The maximum absolute atomic E-state index is 6.50. The van der Waals surface area contributed by atoms with Crippen molar-refractivity contribution in [2.75, 3.05) is 20.2 Å². The molecule has 4 rings (SSSR count). The number of piperidine rings is 1. The second kappa shape index (κ2) is 9.36. The molecule has 3 N–H and O–H groups in total. The average Bonchev–Trinajstić information content (AvgIpc) is 3.24. The zero-order valence-corrected chi connectivity index (χ0v) is 15.9. The second-order valence-electron chi connectivity index (χ2n) is 7.69. The summed E-state index contributed by atoms with van der Waals surface area (Å²) in [7, 11) is 1.73. The van der Waals surface area contributed by atoms with Gasteiger partial charge in [-0.1, -0.05) is 37.1 Å². The number of benzene rings is 2. The van der Waals surface area contributed by atoms with E-state index in [-0.39, 0.29) is 0 Å². The van der Waals surface area contributed by atoms with Crippen molar-refractivity contribution in [1.29, 1.82) is 0 Å². The number of fused-ring (bicyclic) bond motifs is 1. The van der Waals surface area contributed by atoms with Gasteiger partial charge in [-0.3, -0.25) is 0 Å². The third-order valence-corrected chi connectivity index (χ3v) is 6.03. The fourth-order valence-electron chi connectivity index (χ4n) is 4.73. The Hall–Kier alpha value is -1.62. The number of likely N-dealkylation sites (tertiary alicyclic amines) is 1. The van der Waals surface area contributed by atoms with E-state index in [1.54, 1.807) is 7.11 Å². The monoisotopic (exact) mass is 356 g/mol. The molecule has 0 aromatic heterocycles. The molecule has 2 aliphatic rings. The van der Waals surface area contributed by atoms with Gasteiger partial charge in [-0.15, -0.1) is 0 Å². The van der Waals surface area contributed by atoms with Gasteiger partial charge in [0.2, 0.25) is 0 Å². The highest BCUT2D eigenvalue weighted by Gasteiger charge is 2.27. The first-order valence-corrected chi connectivity index (χ1v) is 9.88. The number of nitrogens with zero attached hydrogens (tertiary/aromatic N) is 1. The van der Waals surface area contributed by atoms with Crippen LogP contribution in [0.5, 0.6) is 5.75 Å². The lowest BCUT2D eigenvalue weighted by molar-refractivity contribution is 0.125. The first kappa shape index (κ1) is 19.2. The Balaban J connectivity index is 0.000000948. The largest absolute Gasteiger partial charge is 0.497 e. The number of rotatable bonds is 4. The first-order valence-electron chi connectivity index (χ1n) is 9.88. The smallest absolute Gasteiger partial charge is 0.119 e. The van der Waals surface area contributed by atoms with E-state index in [2.05, 4.69) is 47.2 Å². The summed E-state index contributed by atoms with van der Waals surface area (Å²) in [6.07, 6.45) is 9.76. The molecule has 1 atom stereocenters. The Bertz CT molecular complexity index is 698. The van der Waals surface area contributed by atoms with Gasteiger partial charge in [0.25, 0.3) is 0 Å². The predicted molar refractivity (Wildman–Crippen MR) is 107 cm³/mol. The Morgan fingerprint density at radius 1 is 1.00 bits per heavy atom. The van der Waals surface area contributed by atoms with Crippen LogP contribution in [0, 0.1) is 5.92 Å². The molecule has 2 fully saturated rings. The SMILES string of the molecule is COc1ccc2cc(CC3CCCN(C4CCCC4)C3)ccc2c1.NO. The molecule has 0 amide bonds. The third kappa shape index (κ3) is 4.56. The summed E-state index contributed by atoms with van der Waals surface area (Å²) < 4.78 is 5.33. The third-order valence-electron chi connectivity index (χ3n) is 6.03. The molecule has 1 saturated carbocycles. The van der Waals surface area contributed by atoms with Crippen LogP contribution in [0.15, 0.2) is 36.4 Å². The Morgan fingerprint density at radius 3 is 2.50 bits per heavy atom. The van der Waals surface area contributed by atoms with Crippen LogP contribution >= 0.6 is 0 Å². The summed E-state index contributed by atoms with van der Waals surface area (Å²) in [5.74, 6) is 5.27. The molecule has 142 valence electrons. The van der Waals surface area contributed by atoms with Crippen molar-refractivity contribution in [2.45, 2.75) is 51.0 Å². The number of nitrogens with two attached hydrogens (primary N) is 1. The van der Waals surface area contributed by atoms with Gasteiger partial charge < -0.3 is 14.8 Å². The minimum Gasteiger partial charge on any atom is -0.497 e. The number of methoxy groups -OCH3 is 1. The molecule has 4 heteroatoms. The van der Waals surface area contributed by atoms with E-state index in [1.807, 2.05) is 0 Å². The van der Waals surface area contributed by atoms with Crippen molar-refractivity contribution in [1.82, 2.24) is 4.90 Å². The minimum atomic E-state index is 0.829. The molecule has 0 spiro atoms. The minimum absolute atomic E-state index is 0.829. The summed E-state index contributed by atoms with van der Waals surface area (Å²) in [6, 6.07) is 14.2. The highest BCUT2D eigenvalue weighted by molar-refractivity contribution is 5.84. The molecule has 1 saturated heterocycles. The number of hydrogen-bond donors (Lipinski definition) is 2. The molecule has 1 unspecified atom stereocenters. The molecule has 1 heterocycles. The van der Waals surface area contributed by atoms with Crippen LogP contribution < -0.4 is 10.6 Å². The van der Waals surface area contributed by atoms with E-state index in [9.17, 15) is 0 Å². The quantitative estimate of drug-likeness (QED) is 0.798. The van der Waals surface area contributed by atoms with Gasteiger partial charge in [0.15, 0.2) is 0 Å². The van der Waals surface area contributed by atoms with Crippen LogP contribution in [0.1, 0.15) is 44.1 Å². The van der Waals surface area contributed by atoms with Crippen LogP contribution in [-0.4, -0.2) is 36.3 Å². The molecular formula is C22H32N2O2. The van der Waals surface area contributed by atoms with Crippen molar-refractivity contribution in [3.8, 4) is 5.75 Å². The van der Waals surface area contributed by atoms with Crippen molar-refractivity contribution in [3.05, 3.63) is 42.0 Å². The lowest BCUT2D eigenvalue weighted by Gasteiger charge is -2.37. The molecule has 2 aromatic carbocycles. The zero-order valence-electron chi connectivity index (χ0n) is 15.9. The van der Waals surface area contributed by atoms with Crippen LogP contribution in [0.25, 0.3) is 10.8 Å². The molecule has 4 nitrogen and oxygen atoms in total. The lowest BCUT2D eigenvalue weighted by Crippen LogP contribution is -2.42. The summed E-state index contributed by atoms with van der Waals surface area (Å²) in [6.45, 7) is 2.64. The van der Waals surface area contributed by atoms with Crippen molar-refractivity contribution >= 4 is 10.8 Å². The second-order valence-corrected chi connectivity index (χ2v) is 7.69. The van der Waals surface area contributed by atoms with E-state index in [4.69, 9.17) is 9.94 Å². The van der Waals surface area contributed by atoms with E-state index < -0.39 is 0 Å².